The van der Waals surface area contributed by atoms with Crippen molar-refractivity contribution >= 4 is 5.91 Å². The maximum absolute atomic E-state index is 12.5. The largest absolute Gasteiger partial charge is 0.347 e. The molecule has 1 aliphatic rings. The molecule has 1 fully saturated rings. The lowest BCUT2D eigenvalue weighted by Gasteiger charge is -2.38. The summed E-state index contributed by atoms with van der Waals surface area (Å²) in [5.41, 5.74) is 1.48. The number of carbonyl (C=O) groups is 1. The first-order valence-corrected chi connectivity index (χ1v) is 7.22. The topological polar surface area (TPSA) is 80.9 Å². The van der Waals surface area contributed by atoms with Gasteiger partial charge in [-0.3, -0.25) is 14.8 Å². The summed E-state index contributed by atoms with van der Waals surface area (Å²) in [4.78, 5) is 24.1. The van der Waals surface area contributed by atoms with Crippen LogP contribution in [-0.2, 0) is 6.42 Å². The molecular formula is C14H20N6O. The minimum Gasteiger partial charge on any atom is -0.347 e. The van der Waals surface area contributed by atoms with E-state index >= 15 is 0 Å². The minimum absolute atomic E-state index is 0.0180. The molecule has 0 spiro atoms. The van der Waals surface area contributed by atoms with Gasteiger partial charge in [0, 0.05) is 37.7 Å². The third-order valence-corrected chi connectivity index (χ3v) is 4.00. The first kappa shape index (κ1) is 13.8. The lowest BCUT2D eigenvalue weighted by molar-refractivity contribution is 0.0529. The average Bonchev–Trinajstić information content (AvgIpc) is 3.18. The van der Waals surface area contributed by atoms with Crippen molar-refractivity contribution in [3.8, 4) is 0 Å². The van der Waals surface area contributed by atoms with Crippen LogP contribution in [0.15, 0.2) is 18.5 Å². The molecule has 7 heteroatoms. The molecule has 1 atom stereocenters. The van der Waals surface area contributed by atoms with Gasteiger partial charge in [0.25, 0.3) is 5.91 Å². The number of H-pyrrole nitrogens is 2. The van der Waals surface area contributed by atoms with E-state index in [0.717, 1.165) is 24.5 Å². The Morgan fingerprint density at radius 3 is 3.00 bits per heavy atom. The Morgan fingerprint density at radius 2 is 2.33 bits per heavy atom. The first-order chi connectivity index (χ1) is 10.2. The van der Waals surface area contributed by atoms with Crippen molar-refractivity contribution < 1.29 is 4.79 Å². The van der Waals surface area contributed by atoms with Gasteiger partial charge in [-0.2, -0.15) is 5.10 Å². The van der Waals surface area contributed by atoms with Crippen LogP contribution in [0.2, 0.25) is 0 Å². The summed E-state index contributed by atoms with van der Waals surface area (Å²) in [7, 11) is 2.05. The van der Waals surface area contributed by atoms with Gasteiger partial charge in [-0.15, -0.1) is 0 Å². The molecule has 0 aliphatic carbocycles. The number of rotatable bonds is 3. The van der Waals surface area contributed by atoms with E-state index in [2.05, 4.69) is 32.1 Å². The Balaban J connectivity index is 1.75. The Kier molecular flexibility index (Phi) is 3.74. The first-order valence-electron chi connectivity index (χ1n) is 7.22. The van der Waals surface area contributed by atoms with Crippen LogP contribution in [0.25, 0.3) is 0 Å². The molecule has 1 saturated heterocycles. The molecule has 1 aliphatic heterocycles. The van der Waals surface area contributed by atoms with Crippen molar-refractivity contribution in [1.29, 1.82) is 0 Å². The molecule has 0 aromatic carbocycles. The fraction of sp³-hybridized carbons (Fsp3) is 0.500. The fourth-order valence-corrected chi connectivity index (χ4v) is 2.63. The maximum Gasteiger partial charge on any atom is 0.274 e. The monoisotopic (exact) mass is 288 g/mol. The number of likely N-dealkylation sites (N-methyl/N-ethyl adjacent to an activating group) is 1. The van der Waals surface area contributed by atoms with Gasteiger partial charge in [-0.1, -0.05) is 6.92 Å². The molecule has 0 radical (unpaired) electrons. The molecule has 3 rings (SSSR count). The molecule has 0 saturated carbocycles. The van der Waals surface area contributed by atoms with Crippen LogP contribution in [0.5, 0.6) is 0 Å². The summed E-state index contributed by atoms with van der Waals surface area (Å²) < 4.78 is 0. The van der Waals surface area contributed by atoms with E-state index in [1.54, 1.807) is 6.20 Å². The van der Waals surface area contributed by atoms with Crippen LogP contribution in [0.4, 0.5) is 0 Å². The molecule has 0 unspecified atom stereocenters. The molecule has 2 N–H and O–H groups in total. The molecule has 112 valence electrons. The van der Waals surface area contributed by atoms with Gasteiger partial charge in [0.05, 0.1) is 6.04 Å². The number of imidazole rings is 1. The number of aromatic amines is 2. The van der Waals surface area contributed by atoms with Crippen LogP contribution in [0, 0.1) is 0 Å². The smallest absolute Gasteiger partial charge is 0.274 e. The van der Waals surface area contributed by atoms with E-state index < -0.39 is 0 Å². The highest BCUT2D eigenvalue weighted by molar-refractivity contribution is 5.92. The number of nitrogens with one attached hydrogen (secondary N) is 2. The number of carbonyl (C=O) groups excluding carboxylic acids is 1. The molecular weight excluding hydrogens is 268 g/mol. The highest BCUT2D eigenvalue weighted by atomic mass is 16.2. The average molecular weight is 288 g/mol. The Hall–Kier alpha value is -2.15. The zero-order valence-corrected chi connectivity index (χ0v) is 12.3. The van der Waals surface area contributed by atoms with Gasteiger partial charge in [-0.25, -0.2) is 4.98 Å². The summed E-state index contributed by atoms with van der Waals surface area (Å²) >= 11 is 0. The third kappa shape index (κ3) is 2.69. The van der Waals surface area contributed by atoms with Gasteiger partial charge < -0.3 is 9.88 Å². The van der Waals surface area contributed by atoms with E-state index in [0.29, 0.717) is 18.8 Å². The summed E-state index contributed by atoms with van der Waals surface area (Å²) in [6, 6.07) is 1.94. The van der Waals surface area contributed by atoms with Crippen LogP contribution >= 0.6 is 0 Å². The number of piperazine rings is 1. The van der Waals surface area contributed by atoms with Crippen molar-refractivity contribution in [3.05, 3.63) is 35.7 Å². The predicted molar refractivity (Wildman–Crippen MR) is 77.8 cm³/mol. The van der Waals surface area contributed by atoms with Crippen molar-refractivity contribution in [3.63, 3.8) is 0 Å². The number of aryl methyl sites for hydroxylation is 1. The zero-order valence-electron chi connectivity index (χ0n) is 12.3. The number of amides is 1. The Bertz CT molecular complexity index is 605. The molecule has 2 aromatic heterocycles. The van der Waals surface area contributed by atoms with Gasteiger partial charge in [0.2, 0.25) is 0 Å². The van der Waals surface area contributed by atoms with Gasteiger partial charge in [0.1, 0.15) is 11.5 Å². The van der Waals surface area contributed by atoms with Crippen LogP contribution in [-0.4, -0.2) is 62.6 Å². The maximum atomic E-state index is 12.5. The second-order valence-electron chi connectivity index (χ2n) is 5.35. The molecule has 21 heavy (non-hydrogen) atoms. The van der Waals surface area contributed by atoms with Crippen molar-refractivity contribution in [2.75, 3.05) is 26.7 Å². The van der Waals surface area contributed by atoms with Crippen molar-refractivity contribution in [2.45, 2.75) is 19.4 Å². The fourth-order valence-electron chi connectivity index (χ4n) is 2.63. The van der Waals surface area contributed by atoms with Gasteiger partial charge in [0.15, 0.2) is 0 Å². The predicted octanol–water partition coefficient (Wildman–Crippen LogP) is 0.824. The van der Waals surface area contributed by atoms with Crippen LogP contribution < -0.4 is 0 Å². The summed E-state index contributed by atoms with van der Waals surface area (Å²) in [6.45, 7) is 4.19. The molecule has 0 bridgehead atoms. The number of hydrogen-bond donors (Lipinski definition) is 2. The van der Waals surface area contributed by atoms with Gasteiger partial charge >= 0.3 is 0 Å². The Labute approximate surface area is 123 Å². The van der Waals surface area contributed by atoms with Gasteiger partial charge in [-0.05, 0) is 19.5 Å². The normalized spacial score (nSPS) is 19.9. The van der Waals surface area contributed by atoms with E-state index in [4.69, 9.17) is 0 Å². The van der Waals surface area contributed by atoms with E-state index in [-0.39, 0.29) is 11.9 Å². The molecule has 3 heterocycles. The minimum atomic E-state index is -0.0180. The standard InChI is InChI=1S/C14H20N6O/c1-3-10-8-11(18-17-10)14(21)20-7-6-19(2)12(9-20)13-15-4-5-16-13/h4-5,8,12H,3,6-7,9H2,1-2H3,(H,15,16)(H,17,18)/t12-/m0/s1. The zero-order chi connectivity index (χ0) is 14.8. The van der Waals surface area contributed by atoms with Crippen LogP contribution in [0.3, 0.4) is 0 Å². The third-order valence-electron chi connectivity index (χ3n) is 4.00. The van der Waals surface area contributed by atoms with E-state index in [1.165, 1.54) is 0 Å². The molecule has 2 aromatic rings. The highest BCUT2D eigenvalue weighted by Crippen LogP contribution is 2.22. The van der Waals surface area contributed by atoms with E-state index in [1.807, 2.05) is 24.1 Å². The number of nitrogens with zero attached hydrogens (tertiary/aromatic N) is 4. The summed E-state index contributed by atoms with van der Waals surface area (Å²) in [5, 5.41) is 7.01. The lowest BCUT2D eigenvalue weighted by atomic mass is 10.1. The van der Waals surface area contributed by atoms with Crippen LogP contribution in [0.1, 0.15) is 35.0 Å². The number of hydrogen-bond acceptors (Lipinski definition) is 4. The second-order valence-corrected chi connectivity index (χ2v) is 5.35. The molecule has 7 nitrogen and oxygen atoms in total. The Morgan fingerprint density at radius 1 is 1.48 bits per heavy atom. The van der Waals surface area contributed by atoms with E-state index in [9.17, 15) is 4.79 Å². The quantitative estimate of drug-likeness (QED) is 0.876. The lowest BCUT2D eigenvalue weighted by Crippen LogP contribution is -2.49. The van der Waals surface area contributed by atoms with Crippen molar-refractivity contribution in [1.82, 2.24) is 30.0 Å². The molecule has 1 amide bonds. The second kappa shape index (κ2) is 5.69. The highest BCUT2D eigenvalue weighted by Gasteiger charge is 2.31. The summed E-state index contributed by atoms with van der Waals surface area (Å²) in [5.74, 6) is 0.877. The van der Waals surface area contributed by atoms with Crippen molar-refractivity contribution in [2.24, 2.45) is 0 Å². The summed E-state index contributed by atoms with van der Waals surface area (Å²) in [6.07, 6.45) is 4.40. The number of aromatic nitrogens is 4. The SMILES string of the molecule is CCc1cc(C(=O)N2CCN(C)[C@H](c3ncc[nH]3)C2)n[nH]1.